The molecule has 1 aliphatic rings. The molecule has 0 aliphatic carbocycles. The number of carbonyl (C=O) groups excluding carboxylic acids is 1. The summed E-state index contributed by atoms with van der Waals surface area (Å²) >= 11 is 5.89. The zero-order valence-electron chi connectivity index (χ0n) is 15.9. The highest BCUT2D eigenvalue weighted by atomic mass is 35.5. The fourth-order valence-corrected chi connectivity index (χ4v) is 3.63. The topological polar surface area (TPSA) is 108 Å². The number of H-pyrrole nitrogens is 1. The largest absolute Gasteiger partial charge is 0.493 e. The van der Waals surface area contributed by atoms with Crippen molar-refractivity contribution in [2.24, 2.45) is 5.10 Å². The van der Waals surface area contributed by atoms with Gasteiger partial charge in [-0.2, -0.15) is 5.10 Å². The summed E-state index contributed by atoms with van der Waals surface area (Å²) in [5, 5.41) is 16.9. The molecule has 0 saturated carbocycles. The zero-order chi connectivity index (χ0) is 21.4. The molecule has 9 heteroatoms. The van der Waals surface area contributed by atoms with Crippen molar-refractivity contribution < 1.29 is 9.90 Å². The van der Waals surface area contributed by atoms with Crippen LogP contribution in [0.25, 0.3) is 5.69 Å². The summed E-state index contributed by atoms with van der Waals surface area (Å²) in [5.74, 6) is -0.858. The molecule has 0 radical (unpaired) electrons. The lowest BCUT2D eigenvalue weighted by Gasteiger charge is -2.20. The molecule has 1 aliphatic heterocycles. The highest BCUT2D eigenvalue weighted by Crippen LogP contribution is 2.33. The van der Waals surface area contributed by atoms with Gasteiger partial charge in [-0.1, -0.05) is 41.9 Å². The maximum absolute atomic E-state index is 12.6. The first-order valence-electron chi connectivity index (χ1n) is 9.13. The Bertz CT molecular complexity index is 1260. The van der Waals surface area contributed by atoms with Gasteiger partial charge in [0.25, 0.3) is 5.56 Å². The average molecular weight is 425 g/mol. The van der Waals surface area contributed by atoms with Crippen LogP contribution in [0.1, 0.15) is 30.5 Å². The van der Waals surface area contributed by atoms with Crippen molar-refractivity contribution >= 4 is 23.2 Å². The van der Waals surface area contributed by atoms with E-state index in [1.165, 1.54) is 24.1 Å². The number of hydrogen-bond acceptors (Lipinski definition) is 5. The van der Waals surface area contributed by atoms with Crippen molar-refractivity contribution in [3.8, 4) is 11.6 Å². The molecule has 2 N–H and O–H groups in total. The fourth-order valence-electron chi connectivity index (χ4n) is 3.50. The SMILES string of the molecule is CC(=O)N1N=C(c2c(O)n(-c3ccc(Cl)cc3)c(=O)[nH]c2=O)C[C@H]1c1ccccc1. The second-order valence-corrected chi connectivity index (χ2v) is 7.25. The minimum atomic E-state index is -0.801. The van der Waals surface area contributed by atoms with E-state index >= 15 is 0 Å². The van der Waals surface area contributed by atoms with Gasteiger partial charge in [0, 0.05) is 18.4 Å². The number of carbonyl (C=O) groups is 1. The van der Waals surface area contributed by atoms with Gasteiger partial charge < -0.3 is 5.11 Å². The molecule has 0 spiro atoms. The summed E-state index contributed by atoms with van der Waals surface area (Å²) < 4.78 is 0.962. The average Bonchev–Trinajstić information content (AvgIpc) is 3.15. The first-order valence-corrected chi connectivity index (χ1v) is 9.51. The van der Waals surface area contributed by atoms with Gasteiger partial charge in [-0.25, -0.2) is 14.4 Å². The van der Waals surface area contributed by atoms with Gasteiger partial charge in [0.05, 0.1) is 17.4 Å². The lowest BCUT2D eigenvalue weighted by molar-refractivity contribution is -0.130. The van der Waals surface area contributed by atoms with Crippen LogP contribution in [0.5, 0.6) is 5.88 Å². The summed E-state index contributed by atoms with van der Waals surface area (Å²) in [7, 11) is 0. The van der Waals surface area contributed by atoms with E-state index in [1.54, 1.807) is 12.1 Å². The van der Waals surface area contributed by atoms with E-state index in [9.17, 15) is 19.5 Å². The van der Waals surface area contributed by atoms with E-state index in [-0.39, 0.29) is 23.6 Å². The third kappa shape index (κ3) is 3.42. The normalized spacial score (nSPS) is 15.9. The minimum absolute atomic E-state index is 0.158. The van der Waals surface area contributed by atoms with Gasteiger partial charge in [0.2, 0.25) is 11.8 Å². The standard InChI is InChI=1S/C21H17ClN4O4/c1-12(27)26-17(13-5-3-2-4-6-13)11-16(24-26)18-19(28)23-21(30)25(20(18)29)15-9-7-14(22)8-10-15/h2-10,17,29H,11H2,1H3,(H,23,28,30)/t17-/m0/s1. The van der Waals surface area contributed by atoms with Gasteiger partial charge in [-0.3, -0.25) is 14.6 Å². The van der Waals surface area contributed by atoms with Gasteiger partial charge in [-0.05, 0) is 29.8 Å². The predicted molar refractivity (Wildman–Crippen MR) is 112 cm³/mol. The quantitative estimate of drug-likeness (QED) is 0.673. The van der Waals surface area contributed by atoms with E-state index in [4.69, 9.17) is 11.6 Å². The third-order valence-electron chi connectivity index (χ3n) is 4.88. The number of benzene rings is 2. The Balaban J connectivity index is 1.84. The van der Waals surface area contributed by atoms with Crippen LogP contribution in [0.2, 0.25) is 5.02 Å². The maximum atomic E-state index is 12.6. The van der Waals surface area contributed by atoms with Crippen LogP contribution in [0, 0.1) is 0 Å². The van der Waals surface area contributed by atoms with Crippen molar-refractivity contribution in [1.29, 1.82) is 0 Å². The van der Waals surface area contributed by atoms with Crippen LogP contribution < -0.4 is 11.2 Å². The van der Waals surface area contributed by atoms with Crippen molar-refractivity contribution in [3.63, 3.8) is 0 Å². The van der Waals surface area contributed by atoms with Crippen molar-refractivity contribution in [3.05, 3.63) is 91.6 Å². The number of aromatic hydroxyl groups is 1. The molecule has 1 atom stereocenters. The molecular weight excluding hydrogens is 408 g/mol. The number of amides is 1. The molecule has 0 fully saturated rings. The van der Waals surface area contributed by atoms with Gasteiger partial charge in [0.15, 0.2) is 0 Å². The molecular formula is C21H17ClN4O4. The first-order chi connectivity index (χ1) is 14.4. The van der Waals surface area contributed by atoms with Gasteiger partial charge in [0.1, 0.15) is 5.56 Å². The molecule has 1 amide bonds. The third-order valence-corrected chi connectivity index (χ3v) is 5.13. The Hall–Kier alpha value is -3.65. The van der Waals surface area contributed by atoms with E-state index in [0.29, 0.717) is 10.7 Å². The van der Waals surface area contributed by atoms with Crippen LogP contribution in [0.4, 0.5) is 0 Å². The summed E-state index contributed by atoms with van der Waals surface area (Å²) in [6.45, 7) is 1.38. The Kier molecular flexibility index (Phi) is 5.01. The molecule has 0 saturated heterocycles. The second-order valence-electron chi connectivity index (χ2n) is 6.81. The summed E-state index contributed by atoms with van der Waals surface area (Å²) in [4.78, 5) is 39.3. The van der Waals surface area contributed by atoms with E-state index in [0.717, 1.165) is 10.1 Å². The Labute approximate surface area is 175 Å². The number of hydrazone groups is 1. The van der Waals surface area contributed by atoms with Crippen molar-refractivity contribution in [2.45, 2.75) is 19.4 Å². The number of aromatic nitrogens is 2. The number of rotatable bonds is 3. The smallest absolute Gasteiger partial charge is 0.335 e. The van der Waals surface area contributed by atoms with Gasteiger partial charge >= 0.3 is 5.69 Å². The molecule has 0 unspecified atom stereocenters. The van der Waals surface area contributed by atoms with E-state index in [2.05, 4.69) is 10.1 Å². The molecule has 152 valence electrons. The molecule has 8 nitrogen and oxygen atoms in total. The van der Waals surface area contributed by atoms with E-state index < -0.39 is 23.2 Å². The van der Waals surface area contributed by atoms with Gasteiger partial charge in [-0.15, -0.1) is 0 Å². The Morgan fingerprint density at radius 2 is 1.80 bits per heavy atom. The van der Waals surface area contributed by atoms with Crippen LogP contribution in [-0.4, -0.2) is 31.3 Å². The number of nitrogens with one attached hydrogen (secondary N) is 1. The molecule has 30 heavy (non-hydrogen) atoms. The highest BCUT2D eigenvalue weighted by Gasteiger charge is 2.34. The number of nitrogens with zero attached hydrogens (tertiary/aromatic N) is 3. The minimum Gasteiger partial charge on any atom is -0.493 e. The lowest BCUT2D eigenvalue weighted by Crippen LogP contribution is -2.33. The maximum Gasteiger partial charge on any atom is 0.335 e. The molecule has 0 bridgehead atoms. The molecule has 1 aromatic heterocycles. The Morgan fingerprint density at radius 1 is 1.13 bits per heavy atom. The summed E-state index contributed by atoms with van der Waals surface area (Å²) in [5.41, 5.74) is -0.368. The van der Waals surface area contributed by atoms with E-state index in [1.807, 2.05) is 30.3 Å². The fraction of sp³-hybridized carbons (Fsp3) is 0.143. The van der Waals surface area contributed by atoms with Crippen molar-refractivity contribution in [2.75, 3.05) is 0 Å². The summed E-state index contributed by atoms with van der Waals surface area (Å²) in [6, 6.07) is 15.0. The predicted octanol–water partition coefficient (Wildman–Crippen LogP) is 2.58. The number of hydrogen-bond donors (Lipinski definition) is 2. The molecule has 4 rings (SSSR count). The molecule has 3 aromatic rings. The molecule has 2 aromatic carbocycles. The lowest BCUT2D eigenvalue weighted by atomic mass is 9.99. The summed E-state index contributed by atoms with van der Waals surface area (Å²) in [6.07, 6.45) is 0.207. The highest BCUT2D eigenvalue weighted by molar-refractivity contribution is 6.30. The molecule has 2 heterocycles. The number of halogens is 1. The Morgan fingerprint density at radius 3 is 2.43 bits per heavy atom. The van der Waals surface area contributed by atoms with Crippen LogP contribution in [0.3, 0.4) is 0 Å². The second kappa shape index (κ2) is 7.64. The first kappa shape index (κ1) is 19.7. The van der Waals surface area contributed by atoms with Crippen LogP contribution in [-0.2, 0) is 4.79 Å². The monoisotopic (exact) mass is 424 g/mol. The number of aromatic amines is 1. The van der Waals surface area contributed by atoms with Crippen molar-refractivity contribution in [1.82, 2.24) is 14.6 Å². The van der Waals surface area contributed by atoms with Crippen LogP contribution >= 0.6 is 11.6 Å². The van der Waals surface area contributed by atoms with Crippen LogP contribution in [0.15, 0.2) is 69.3 Å². The zero-order valence-corrected chi connectivity index (χ0v) is 16.6.